The molecule has 1 aromatic heterocycles. The summed E-state index contributed by atoms with van der Waals surface area (Å²) in [7, 11) is -4.13. The van der Waals surface area contributed by atoms with Crippen LogP contribution in [0.1, 0.15) is 64.3 Å². The van der Waals surface area contributed by atoms with Gasteiger partial charge in [-0.3, -0.25) is 4.79 Å². The van der Waals surface area contributed by atoms with Crippen molar-refractivity contribution >= 4 is 21.4 Å². The number of carbonyl (C=O) groups is 1. The molecule has 2 heterocycles. The molecule has 1 aliphatic carbocycles. The zero-order chi connectivity index (χ0) is 23.3. The maximum absolute atomic E-state index is 13.3. The Balaban J connectivity index is 0.00000306. The molecule has 1 aromatic carbocycles. The predicted octanol–water partition coefficient (Wildman–Crippen LogP) is 5.00. The van der Waals surface area contributed by atoms with Crippen LogP contribution in [0.25, 0.3) is 0 Å². The van der Waals surface area contributed by atoms with Gasteiger partial charge in [0.2, 0.25) is 5.91 Å². The molecule has 6 nitrogen and oxygen atoms in total. The normalized spacial score (nSPS) is 19.8. The maximum atomic E-state index is 13.3. The quantitative estimate of drug-likeness (QED) is 0.598. The Labute approximate surface area is 192 Å². The van der Waals surface area contributed by atoms with E-state index in [2.05, 4.69) is 9.97 Å². The Hall–Kier alpha value is -2.49. The number of carbonyl (C=O) groups excluding carboxylic acids is 1. The van der Waals surface area contributed by atoms with Gasteiger partial charge in [0.05, 0.1) is 33.3 Å². The third-order valence-corrected chi connectivity index (χ3v) is 9.08. The summed E-state index contributed by atoms with van der Waals surface area (Å²) in [5, 5.41) is 0. The minimum atomic E-state index is -4.64. The first-order valence-corrected chi connectivity index (χ1v) is 11.9. The summed E-state index contributed by atoms with van der Waals surface area (Å²) in [5.41, 5.74) is -0.452. The second kappa shape index (κ2) is 8.70. The Morgan fingerprint density at radius 3 is 2.24 bits per heavy atom. The number of alkyl halides is 3. The zero-order valence-corrected chi connectivity index (χ0v) is 18.6. The van der Waals surface area contributed by atoms with Crippen molar-refractivity contribution in [3.05, 3.63) is 48.0 Å². The van der Waals surface area contributed by atoms with Gasteiger partial charge in [0.15, 0.2) is 9.84 Å². The largest absolute Gasteiger partial charge is 0.416 e. The first-order chi connectivity index (χ1) is 14.9. The molecule has 4 rings (SSSR count). The van der Waals surface area contributed by atoms with Crippen LogP contribution in [0, 0.1) is 5.92 Å². The van der Waals surface area contributed by atoms with E-state index in [0.29, 0.717) is 24.1 Å². The lowest BCUT2D eigenvalue weighted by Crippen LogP contribution is -2.48. The number of piperidine rings is 1. The van der Waals surface area contributed by atoms with Crippen LogP contribution in [-0.4, -0.2) is 35.6 Å². The van der Waals surface area contributed by atoms with Gasteiger partial charge < -0.3 is 4.90 Å². The van der Waals surface area contributed by atoms with Crippen molar-refractivity contribution in [3.63, 3.8) is 0 Å². The highest BCUT2D eigenvalue weighted by Crippen LogP contribution is 2.41. The topological polar surface area (TPSA) is 80.2 Å². The molecule has 0 bridgehead atoms. The van der Waals surface area contributed by atoms with E-state index in [0.717, 1.165) is 30.8 Å². The number of nitrogens with zero attached hydrogens (tertiary/aromatic N) is 3. The molecule has 0 unspecified atom stereocenters. The molecule has 33 heavy (non-hydrogen) atoms. The van der Waals surface area contributed by atoms with Gasteiger partial charge in [-0.05, 0) is 57.2 Å². The number of halogens is 3. The molecule has 2 aliphatic rings. The van der Waals surface area contributed by atoms with Crippen molar-refractivity contribution in [1.82, 2.24) is 9.97 Å². The van der Waals surface area contributed by atoms with Gasteiger partial charge >= 0.3 is 6.18 Å². The van der Waals surface area contributed by atoms with Crippen molar-refractivity contribution in [2.24, 2.45) is 5.92 Å². The fraction of sp³-hybridized carbons (Fsp3) is 0.522. The number of benzene rings is 1. The lowest BCUT2D eigenvalue weighted by Gasteiger charge is -2.39. The molecule has 1 saturated carbocycles. The summed E-state index contributed by atoms with van der Waals surface area (Å²) in [6.07, 6.45) is 1.08. The van der Waals surface area contributed by atoms with Gasteiger partial charge in [-0.25, -0.2) is 18.4 Å². The molecule has 0 N–H and O–H groups in total. The Morgan fingerprint density at radius 2 is 1.70 bits per heavy atom. The van der Waals surface area contributed by atoms with E-state index in [9.17, 15) is 26.4 Å². The first kappa shape index (κ1) is 25.1. The second-order valence-electron chi connectivity index (χ2n) is 8.94. The third kappa shape index (κ3) is 4.76. The van der Waals surface area contributed by atoms with Gasteiger partial charge in [-0.15, -0.1) is 0 Å². The molecule has 2 fully saturated rings. The number of hydrogen-bond donors (Lipinski definition) is 0. The molecule has 1 aliphatic heterocycles. The van der Waals surface area contributed by atoms with Crippen molar-refractivity contribution in [2.75, 3.05) is 11.4 Å². The van der Waals surface area contributed by atoms with Crippen LogP contribution in [0.2, 0.25) is 0 Å². The number of anilines is 1. The first-order valence-electron chi connectivity index (χ1n) is 10.5. The van der Waals surface area contributed by atoms with Gasteiger partial charge in [0.25, 0.3) is 0 Å². The molecule has 0 radical (unpaired) electrons. The molecule has 2 aromatic rings. The lowest BCUT2D eigenvalue weighted by atomic mass is 9.85. The van der Waals surface area contributed by atoms with Crippen molar-refractivity contribution in [1.29, 1.82) is 0 Å². The van der Waals surface area contributed by atoms with Crippen molar-refractivity contribution in [3.8, 4) is 0 Å². The van der Waals surface area contributed by atoms with Crippen LogP contribution in [0.5, 0.6) is 0 Å². The van der Waals surface area contributed by atoms with Crippen LogP contribution in [0.4, 0.5) is 18.9 Å². The van der Waals surface area contributed by atoms with E-state index in [4.69, 9.17) is 0 Å². The van der Waals surface area contributed by atoms with Gasteiger partial charge in [-0.2, -0.15) is 13.2 Å². The average Bonchev–Trinajstić information content (AvgIpc) is 3.58. The van der Waals surface area contributed by atoms with E-state index >= 15 is 0 Å². The SMILES string of the molecule is C.CC(C)([C@@H]1CCN(c2cnc(C3CC3)nc2)C(=O)C1)S(=O)(=O)c1cccc(C(F)(F)F)c1. The number of rotatable bonds is 5. The molecular weight excluding hydrogens is 455 g/mol. The van der Waals surface area contributed by atoms with Gasteiger partial charge in [0, 0.05) is 18.9 Å². The number of sulfone groups is 1. The summed E-state index contributed by atoms with van der Waals surface area (Å²) in [6.45, 7) is 3.24. The van der Waals surface area contributed by atoms with Gasteiger partial charge in [-0.1, -0.05) is 13.5 Å². The monoisotopic (exact) mass is 483 g/mol. The molecule has 1 atom stereocenters. The lowest BCUT2D eigenvalue weighted by molar-refractivity contribution is -0.137. The minimum absolute atomic E-state index is 0. The van der Waals surface area contributed by atoms with Gasteiger partial charge in [0.1, 0.15) is 5.82 Å². The fourth-order valence-corrected chi connectivity index (χ4v) is 5.87. The predicted molar refractivity (Wildman–Crippen MR) is 119 cm³/mol. The average molecular weight is 484 g/mol. The summed E-state index contributed by atoms with van der Waals surface area (Å²) < 4.78 is 64.4. The maximum Gasteiger partial charge on any atom is 0.416 e. The second-order valence-corrected chi connectivity index (χ2v) is 11.5. The summed E-state index contributed by atoms with van der Waals surface area (Å²) >= 11 is 0. The molecule has 0 spiro atoms. The summed E-state index contributed by atoms with van der Waals surface area (Å²) in [6, 6.07) is 3.75. The van der Waals surface area contributed by atoms with E-state index in [1.807, 2.05) is 0 Å². The number of hydrogen-bond acceptors (Lipinski definition) is 5. The number of amides is 1. The van der Waals surface area contributed by atoms with E-state index in [1.54, 1.807) is 17.3 Å². The smallest absolute Gasteiger partial charge is 0.310 e. The summed E-state index contributed by atoms with van der Waals surface area (Å²) in [5.74, 6) is 0.366. The Kier molecular flexibility index (Phi) is 6.63. The third-order valence-electron chi connectivity index (χ3n) is 6.48. The van der Waals surface area contributed by atoms with Crippen LogP contribution in [0.15, 0.2) is 41.6 Å². The number of aromatic nitrogens is 2. The fourth-order valence-electron chi connectivity index (χ4n) is 4.08. The van der Waals surface area contributed by atoms with Crippen LogP contribution >= 0.6 is 0 Å². The molecule has 1 saturated heterocycles. The zero-order valence-electron chi connectivity index (χ0n) is 17.8. The van der Waals surface area contributed by atoms with E-state index in [1.165, 1.54) is 19.9 Å². The minimum Gasteiger partial charge on any atom is -0.310 e. The molecular formula is C23H28F3N3O3S. The highest BCUT2D eigenvalue weighted by atomic mass is 32.2. The van der Waals surface area contributed by atoms with E-state index < -0.39 is 37.1 Å². The van der Waals surface area contributed by atoms with E-state index in [-0.39, 0.29) is 26.3 Å². The molecule has 1 amide bonds. The molecule has 180 valence electrons. The highest BCUT2D eigenvalue weighted by molar-refractivity contribution is 7.92. The molecule has 10 heteroatoms. The summed E-state index contributed by atoms with van der Waals surface area (Å²) in [4.78, 5) is 22.7. The van der Waals surface area contributed by atoms with Crippen LogP contribution in [0.3, 0.4) is 0 Å². The van der Waals surface area contributed by atoms with Crippen LogP contribution < -0.4 is 4.90 Å². The van der Waals surface area contributed by atoms with Crippen molar-refractivity contribution in [2.45, 2.75) is 68.7 Å². The Morgan fingerprint density at radius 1 is 1.06 bits per heavy atom. The van der Waals surface area contributed by atoms with Crippen LogP contribution in [-0.2, 0) is 20.8 Å². The standard InChI is InChI=1S/C22H24F3N3O3S.CH4/c1-21(2,32(30,31)18-5-3-4-16(10-18)22(23,24)25)15-8-9-28(19(29)11-15)17-12-26-20(27-13-17)14-6-7-14;/h3-5,10,12-15H,6-9,11H2,1-2H3;1H4/t15-;/m1./s1. The highest BCUT2D eigenvalue weighted by Gasteiger charge is 2.46. The van der Waals surface area contributed by atoms with Crippen molar-refractivity contribution < 1.29 is 26.4 Å². The Bertz CT molecular complexity index is 1130.